The molecule has 1 aromatic carbocycles. The average Bonchev–Trinajstić information content (AvgIpc) is 3.53. The maximum Gasteiger partial charge on any atom is 0.341 e. The number of aliphatic hydroxyl groups excluding tert-OH is 2. The number of pyridine rings is 1. The number of esters is 1. The number of aliphatic hydroxyl groups is 4. The second-order valence-electron chi connectivity index (χ2n) is 24.4. The van der Waals surface area contributed by atoms with Gasteiger partial charge in [0.05, 0.1) is 64.6 Å². The molecule has 1 unspecified atom stereocenters. The minimum atomic E-state index is -4.22. The zero-order valence-corrected chi connectivity index (χ0v) is 53.4. The normalized spacial score (nSPS) is 35.6. The summed E-state index contributed by atoms with van der Waals surface area (Å²) in [5.41, 5.74) is -4.28. The number of fused-ring (bicyclic) bond motifs is 1. The molecule has 0 bridgehead atoms. The quantitative estimate of drug-likeness (QED) is 0.0364. The van der Waals surface area contributed by atoms with Crippen LogP contribution in [0, 0.1) is 23.7 Å². The number of nitrogens with zero attached hydrogens (tertiary/aromatic N) is 4. The molecule has 18 atom stereocenters. The molecule has 6 N–H and O–H groups in total. The predicted octanol–water partition coefficient (Wildman–Crippen LogP) is 4.54. The first kappa shape index (κ1) is 71.0. The first-order chi connectivity index (χ1) is 39.3. The molecule has 480 valence electrons. The number of ether oxygens (including phenoxy) is 6. The van der Waals surface area contributed by atoms with Crippen LogP contribution in [0.1, 0.15) is 138 Å². The number of carboxylic acids is 1. The number of methoxy groups -OCH3 is 1. The van der Waals surface area contributed by atoms with Crippen molar-refractivity contribution in [3.05, 3.63) is 45.7 Å². The van der Waals surface area contributed by atoms with Crippen LogP contribution in [0.3, 0.4) is 0 Å². The average molecular weight is 1210 g/mol. The van der Waals surface area contributed by atoms with Crippen molar-refractivity contribution < 1.29 is 81.0 Å². The maximum absolute atomic E-state index is 14.8. The number of aromatic nitrogens is 1. The molecule has 0 radical (unpaired) electrons. The summed E-state index contributed by atoms with van der Waals surface area (Å²) in [6, 6.07) is 5.01. The molecule has 2 aromatic rings. The molecule has 84 heavy (non-hydrogen) atoms. The minimum Gasteiger partial charge on any atom is -0.477 e. The van der Waals surface area contributed by atoms with Crippen LogP contribution >= 0.6 is 0 Å². The minimum absolute atomic E-state index is 0.0444. The number of likely N-dealkylation sites (N-methyl/N-ethyl adjacent to an activating group) is 2. The Labute approximate surface area is 497 Å². The van der Waals surface area contributed by atoms with Crippen LogP contribution in [0.4, 0.5) is 0 Å². The molecule has 3 fully saturated rings. The number of carbonyl (C=O) groups excluding carboxylic acids is 1. The number of benzene rings is 1. The van der Waals surface area contributed by atoms with Crippen LogP contribution in [-0.4, -0.2) is 217 Å². The third-order valence-corrected chi connectivity index (χ3v) is 18.9. The lowest BCUT2D eigenvalue weighted by Crippen LogP contribution is -2.61. The molecular weight excluding hydrogens is 1110 g/mol. The van der Waals surface area contributed by atoms with Gasteiger partial charge in [-0.3, -0.25) is 13.8 Å². The number of rotatable bonds is 24. The van der Waals surface area contributed by atoms with Crippen molar-refractivity contribution >= 4 is 38.7 Å². The van der Waals surface area contributed by atoms with Crippen molar-refractivity contribution in [3.63, 3.8) is 0 Å². The van der Waals surface area contributed by atoms with E-state index in [9.17, 15) is 48.3 Å². The van der Waals surface area contributed by atoms with Gasteiger partial charge in [0.2, 0.25) is 5.43 Å². The van der Waals surface area contributed by atoms with E-state index in [4.69, 9.17) is 37.4 Å². The first-order valence-electron chi connectivity index (χ1n) is 30.1. The number of hydrogen-bond acceptors (Lipinski definition) is 21. The van der Waals surface area contributed by atoms with Crippen LogP contribution in [0.2, 0.25) is 0 Å². The van der Waals surface area contributed by atoms with Crippen molar-refractivity contribution in [2.24, 2.45) is 28.8 Å². The van der Waals surface area contributed by atoms with E-state index < -0.39 is 129 Å². The van der Waals surface area contributed by atoms with Gasteiger partial charge in [-0.15, -0.1) is 0 Å². The maximum atomic E-state index is 14.8. The Morgan fingerprint density at radius 1 is 0.929 bits per heavy atom. The van der Waals surface area contributed by atoms with Crippen LogP contribution < -0.4 is 10.7 Å². The van der Waals surface area contributed by atoms with Gasteiger partial charge in [0, 0.05) is 68.5 Å². The summed E-state index contributed by atoms with van der Waals surface area (Å²) in [7, 11) is 0.890. The highest BCUT2D eigenvalue weighted by atomic mass is 32.2. The van der Waals surface area contributed by atoms with Gasteiger partial charge >= 0.3 is 11.9 Å². The van der Waals surface area contributed by atoms with Gasteiger partial charge in [-0.05, 0) is 132 Å². The summed E-state index contributed by atoms with van der Waals surface area (Å²) in [6.45, 7) is 26.0. The van der Waals surface area contributed by atoms with Crippen molar-refractivity contribution in [1.82, 2.24) is 19.7 Å². The molecule has 0 aliphatic carbocycles. The number of carbonyl (C=O) groups is 2. The predicted molar refractivity (Wildman–Crippen MR) is 317 cm³/mol. The largest absolute Gasteiger partial charge is 0.477 e. The van der Waals surface area contributed by atoms with E-state index in [0.717, 1.165) is 18.7 Å². The Hall–Kier alpha value is -3.73. The van der Waals surface area contributed by atoms with Gasteiger partial charge in [0.25, 0.3) is 10.1 Å². The summed E-state index contributed by atoms with van der Waals surface area (Å²) in [5.74, 6) is -6.16. The van der Waals surface area contributed by atoms with E-state index >= 15 is 0 Å². The summed E-state index contributed by atoms with van der Waals surface area (Å²) < 4.78 is 74.0. The van der Waals surface area contributed by atoms with E-state index in [1.54, 1.807) is 65.2 Å². The zero-order chi connectivity index (χ0) is 62.8. The van der Waals surface area contributed by atoms with Crippen LogP contribution in [0.15, 0.2) is 34.3 Å². The molecule has 5 rings (SSSR count). The number of hydrogen-bond donors (Lipinski definition) is 6. The second-order valence-corrected chi connectivity index (χ2v) is 26.2. The number of nitrogens with one attached hydrogen (secondary N) is 1. The Kier molecular flexibility index (Phi) is 25.8. The van der Waals surface area contributed by atoms with Crippen molar-refractivity contribution in [3.8, 4) is 0 Å². The Bertz CT molecular complexity index is 2670. The molecule has 0 amide bonds. The molecule has 1 aromatic heterocycles. The fourth-order valence-electron chi connectivity index (χ4n) is 12.6. The van der Waals surface area contributed by atoms with Crippen LogP contribution in [0.5, 0.6) is 0 Å². The summed E-state index contributed by atoms with van der Waals surface area (Å²) in [4.78, 5) is 49.5. The Morgan fingerprint density at radius 3 is 2.21 bits per heavy atom. The third kappa shape index (κ3) is 17.3. The molecular formula is C60H101N5O18S. The SMILES string of the molecule is CC[C@H]1OC(=O)[C@H](C)[C@@H](O[C@H]2C[C@@](C)(OC)[C@@H](OS(=O)(=O)CCNCCCc3ccc4c(c3)c(=O)c(C(=O)O)cn4CC)[C@H](C)O2)[C@H](C)C(O[C@@H]2O[C@H](C)C[C@H](N(C)C)[C@H]2O)[C@](C)(O)C[C@@H](C)/C(=N\OCCN(CC)CC)[C@H](C)[C@@H](O)[C@]1(C)O. The van der Waals surface area contributed by atoms with Gasteiger partial charge in [0.15, 0.2) is 12.6 Å². The fraction of sp³-hybridized carbons (Fsp3) is 0.800. The molecule has 0 saturated carbocycles. The highest BCUT2D eigenvalue weighted by Crippen LogP contribution is 2.42. The lowest BCUT2D eigenvalue weighted by Gasteiger charge is -2.49. The van der Waals surface area contributed by atoms with Crippen molar-refractivity contribution in [1.29, 1.82) is 0 Å². The zero-order valence-electron chi connectivity index (χ0n) is 52.6. The highest BCUT2D eigenvalue weighted by molar-refractivity contribution is 7.86. The summed E-state index contributed by atoms with van der Waals surface area (Å²) in [6.07, 6.45) is -8.53. The van der Waals surface area contributed by atoms with Gasteiger partial charge in [0.1, 0.15) is 36.1 Å². The van der Waals surface area contributed by atoms with E-state index in [0.29, 0.717) is 55.5 Å². The van der Waals surface area contributed by atoms with E-state index in [1.807, 2.05) is 59.7 Å². The molecule has 3 saturated heterocycles. The molecule has 23 nitrogen and oxygen atoms in total. The molecule has 3 aliphatic heterocycles. The van der Waals surface area contributed by atoms with E-state index in [2.05, 4.69) is 15.4 Å². The smallest absolute Gasteiger partial charge is 0.341 e. The second kappa shape index (κ2) is 30.5. The van der Waals surface area contributed by atoms with Crippen molar-refractivity contribution in [2.75, 3.05) is 66.3 Å². The highest BCUT2D eigenvalue weighted by Gasteiger charge is 2.54. The first-order valence-corrected chi connectivity index (χ1v) is 31.7. The topological polar surface area (TPSA) is 296 Å². The number of aryl methyl sites for hydroxylation is 2. The number of oxime groups is 1. The monoisotopic (exact) mass is 1210 g/mol. The molecule has 3 aliphatic rings. The van der Waals surface area contributed by atoms with E-state index in [-0.39, 0.29) is 50.1 Å². The van der Waals surface area contributed by atoms with Gasteiger partial charge in [-0.2, -0.15) is 8.42 Å². The lowest BCUT2D eigenvalue weighted by molar-refractivity contribution is -0.316. The molecule has 4 heterocycles. The summed E-state index contributed by atoms with van der Waals surface area (Å²) in [5, 5.41) is 67.0. The number of aromatic carboxylic acids is 1. The third-order valence-electron chi connectivity index (χ3n) is 17.7. The van der Waals surface area contributed by atoms with Gasteiger partial charge < -0.3 is 78.5 Å². The van der Waals surface area contributed by atoms with Crippen LogP contribution in [-0.2, 0) is 65.3 Å². The summed E-state index contributed by atoms with van der Waals surface area (Å²) >= 11 is 0. The Balaban J connectivity index is 1.41. The van der Waals surface area contributed by atoms with Gasteiger partial charge in [-0.1, -0.05) is 52.8 Å². The van der Waals surface area contributed by atoms with Gasteiger partial charge in [-0.25, -0.2) is 4.79 Å². The van der Waals surface area contributed by atoms with Crippen LogP contribution in [0.25, 0.3) is 10.9 Å². The lowest BCUT2D eigenvalue weighted by atomic mass is 9.73. The molecule has 0 spiro atoms. The fourth-order valence-corrected chi connectivity index (χ4v) is 13.7. The molecule has 24 heteroatoms. The standard InChI is InChI=1S/C60H101N5O18S/c1-17-46-60(13,73)52(68)37(7)48(62-77-28-27-64(18-2)19-3)35(5)32-58(11,72)53(82-57-50(67)45(63(14)15)30-36(6)78-57)38(8)51(39(9)56(71)80-46)81-47-33-59(12,76-16)54(40(10)79-47)83-84(74,75)29-26-61-25-21-22-41-23-24-44-42(31-41)49(66)43(55(69)70)34-65(44)20-4/h23-24,31,34-40,45-47,50-54,57,61,67-68,72-73H,17-22,25-30,32-33H2,1-16H3,(H,69,70)/b62-48+/t35-,36-,37+,38+,39-,40+,45+,46-,47+,50-,51+,52-,53?,54+,57+,58-,59-,60-/m1/s1. The number of cyclic esters (lactones) is 1. The number of carboxylic acid groups (broad SMARTS) is 1. The Morgan fingerprint density at radius 2 is 1.61 bits per heavy atom. The van der Waals surface area contributed by atoms with E-state index in [1.165, 1.54) is 20.2 Å². The van der Waals surface area contributed by atoms with Crippen molar-refractivity contribution in [2.45, 2.75) is 219 Å².